The quantitative estimate of drug-likeness (QED) is 0.0367. The maximum absolute atomic E-state index is 12.1. The number of nitrogens with one attached hydrogen (secondary N) is 5. The van der Waals surface area contributed by atoms with E-state index in [4.69, 9.17) is 11.5 Å². The fourth-order valence-corrected chi connectivity index (χ4v) is 8.20. The molecule has 0 saturated heterocycles. The number of hydrogen-bond acceptors (Lipinski definition) is 7. The first-order valence-corrected chi connectivity index (χ1v) is 34.8. The van der Waals surface area contributed by atoms with E-state index in [0.717, 1.165) is 77.3 Å². The molecular weight excluding hydrogens is 1100 g/mol. The van der Waals surface area contributed by atoms with Crippen LogP contribution in [0.15, 0.2) is 0 Å². The van der Waals surface area contributed by atoms with E-state index < -0.39 is 0 Å². The number of carbonyl (C=O) groups is 7. The third-order valence-corrected chi connectivity index (χ3v) is 16.4. The lowest BCUT2D eigenvalue weighted by Crippen LogP contribution is -2.50. The SMILES string of the molecule is CCC(C)(C)C(=O)NC(C)(C)CC(C)(C)C.CCC(C)(C)C(N)=O.CCC(C)C(=O)NC(C)(C)C.CCC(C)C(=O)NC(C)(C)CC(C)(C)C.CCC(C)C(N)=O.CCCCC(CC)CNC(=O)C(C)(C)CC.CCCCC(CC)CNC(=O)C(C)CC. The second kappa shape index (κ2) is 49.0. The molecule has 0 aliphatic rings. The zero-order chi connectivity index (χ0) is 71.5. The van der Waals surface area contributed by atoms with Gasteiger partial charge in [-0.15, -0.1) is 0 Å². The Kier molecular flexibility index (Phi) is 54.5. The zero-order valence-corrected chi connectivity index (χ0v) is 64.9. The van der Waals surface area contributed by atoms with Crippen molar-refractivity contribution in [1.29, 1.82) is 0 Å². The summed E-state index contributed by atoms with van der Waals surface area (Å²) in [6.07, 6.45) is 17.9. The molecule has 0 aliphatic heterocycles. The molecule has 528 valence electrons. The van der Waals surface area contributed by atoms with Crippen molar-refractivity contribution in [1.82, 2.24) is 26.6 Å². The third-order valence-electron chi connectivity index (χ3n) is 16.4. The number of hydrogen-bond donors (Lipinski definition) is 7. The highest BCUT2D eigenvalue weighted by Crippen LogP contribution is 2.30. The van der Waals surface area contributed by atoms with Crippen LogP contribution in [0, 0.1) is 62.6 Å². The molecule has 7 amide bonds. The molecule has 0 rings (SSSR count). The van der Waals surface area contributed by atoms with Gasteiger partial charge in [0.1, 0.15) is 0 Å². The normalized spacial score (nSPS) is 13.9. The van der Waals surface area contributed by atoms with Crippen LogP contribution in [0.1, 0.15) is 345 Å². The number of rotatable bonds is 30. The molecule has 6 unspecified atom stereocenters. The third kappa shape index (κ3) is 58.6. The molecule has 0 saturated carbocycles. The largest absolute Gasteiger partial charge is 0.369 e. The summed E-state index contributed by atoms with van der Waals surface area (Å²) in [5.41, 5.74) is 9.27. The summed E-state index contributed by atoms with van der Waals surface area (Å²) in [6.45, 7) is 71.7. The summed E-state index contributed by atoms with van der Waals surface area (Å²) >= 11 is 0. The van der Waals surface area contributed by atoms with Gasteiger partial charge in [-0.05, 0) is 142 Å². The first-order valence-electron chi connectivity index (χ1n) is 34.8. The van der Waals surface area contributed by atoms with E-state index in [1.807, 2.05) is 118 Å². The highest BCUT2D eigenvalue weighted by atomic mass is 16.2. The van der Waals surface area contributed by atoms with Crippen molar-refractivity contribution in [3.8, 4) is 0 Å². The number of nitrogens with two attached hydrogens (primary N) is 2. The van der Waals surface area contributed by atoms with Crippen molar-refractivity contribution in [2.75, 3.05) is 13.1 Å². The maximum Gasteiger partial charge on any atom is 0.226 e. The van der Waals surface area contributed by atoms with Gasteiger partial charge in [0.15, 0.2) is 0 Å². The Labute approximate surface area is 547 Å². The van der Waals surface area contributed by atoms with Gasteiger partial charge in [-0.25, -0.2) is 0 Å². The van der Waals surface area contributed by atoms with Crippen molar-refractivity contribution in [2.24, 2.45) is 74.0 Å². The first kappa shape index (κ1) is 97.9. The fourth-order valence-electron chi connectivity index (χ4n) is 8.20. The van der Waals surface area contributed by atoms with Gasteiger partial charge in [0.2, 0.25) is 41.4 Å². The van der Waals surface area contributed by atoms with Crippen LogP contribution in [0.4, 0.5) is 0 Å². The van der Waals surface area contributed by atoms with Crippen LogP contribution in [-0.2, 0) is 33.6 Å². The summed E-state index contributed by atoms with van der Waals surface area (Å²) in [5.74, 6) is 2.23. The number of primary amides is 2. The lowest BCUT2D eigenvalue weighted by Gasteiger charge is -2.36. The predicted molar refractivity (Wildman–Crippen MR) is 382 cm³/mol. The van der Waals surface area contributed by atoms with E-state index in [0.29, 0.717) is 11.8 Å². The maximum atomic E-state index is 12.1. The van der Waals surface area contributed by atoms with E-state index in [2.05, 4.69) is 144 Å². The van der Waals surface area contributed by atoms with E-state index in [9.17, 15) is 33.6 Å². The molecule has 0 aliphatic carbocycles. The molecule has 14 nitrogen and oxygen atoms in total. The van der Waals surface area contributed by atoms with Crippen molar-refractivity contribution < 1.29 is 33.6 Å². The van der Waals surface area contributed by atoms with Crippen LogP contribution in [-0.4, -0.2) is 71.1 Å². The summed E-state index contributed by atoms with van der Waals surface area (Å²) in [7, 11) is 0. The van der Waals surface area contributed by atoms with Crippen LogP contribution in [0.2, 0.25) is 0 Å². The fraction of sp³-hybridized carbons (Fsp3) is 0.905. The lowest BCUT2D eigenvalue weighted by atomic mass is 9.80. The molecule has 0 aromatic rings. The molecule has 0 spiro atoms. The van der Waals surface area contributed by atoms with E-state index in [-0.39, 0.29) is 109 Å². The van der Waals surface area contributed by atoms with Gasteiger partial charge in [-0.3, -0.25) is 33.6 Å². The smallest absolute Gasteiger partial charge is 0.226 e. The average molecular weight is 1260 g/mol. The molecule has 6 atom stereocenters. The van der Waals surface area contributed by atoms with Gasteiger partial charge in [-0.2, -0.15) is 0 Å². The van der Waals surface area contributed by atoms with Crippen molar-refractivity contribution in [3.05, 3.63) is 0 Å². The van der Waals surface area contributed by atoms with Crippen LogP contribution in [0.25, 0.3) is 0 Å². The van der Waals surface area contributed by atoms with Gasteiger partial charge >= 0.3 is 0 Å². The first-order chi connectivity index (χ1) is 39.6. The molecule has 0 aromatic carbocycles. The lowest BCUT2D eigenvalue weighted by molar-refractivity contribution is -0.131. The number of amides is 7. The molecule has 14 heteroatoms. The molecule has 0 radical (unpaired) electrons. The molecule has 0 bridgehead atoms. The second-order valence-corrected chi connectivity index (χ2v) is 31.9. The topological polar surface area (TPSA) is 232 Å². The zero-order valence-electron chi connectivity index (χ0n) is 64.9. The van der Waals surface area contributed by atoms with Gasteiger partial charge in [0.25, 0.3) is 0 Å². The van der Waals surface area contributed by atoms with Crippen molar-refractivity contribution in [3.63, 3.8) is 0 Å². The van der Waals surface area contributed by atoms with Crippen molar-refractivity contribution in [2.45, 2.75) is 361 Å². The summed E-state index contributed by atoms with van der Waals surface area (Å²) < 4.78 is 0. The predicted octanol–water partition coefficient (Wildman–Crippen LogP) is 17.6. The van der Waals surface area contributed by atoms with Crippen molar-refractivity contribution >= 4 is 41.4 Å². The van der Waals surface area contributed by atoms with Gasteiger partial charge in [-0.1, -0.05) is 225 Å². The molecular formula is C74H155N7O7. The molecule has 9 N–H and O–H groups in total. The second-order valence-electron chi connectivity index (χ2n) is 31.9. The minimum atomic E-state index is -0.319. The minimum Gasteiger partial charge on any atom is -0.369 e. The van der Waals surface area contributed by atoms with Crippen LogP contribution >= 0.6 is 0 Å². The monoisotopic (exact) mass is 1250 g/mol. The molecule has 88 heavy (non-hydrogen) atoms. The highest BCUT2D eigenvalue weighted by Gasteiger charge is 2.33. The Hall–Kier alpha value is -3.71. The van der Waals surface area contributed by atoms with Crippen LogP contribution in [0.5, 0.6) is 0 Å². The van der Waals surface area contributed by atoms with Gasteiger partial charge in [0.05, 0.1) is 0 Å². The Morgan fingerprint density at radius 2 is 0.670 bits per heavy atom. The summed E-state index contributed by atoms with van der Waals surface area (Å²) in [5, 5.41) is 15.4. The summed E-state index contributed by atoms with van der Waals surface area (Å²) in [4.78, 5) is 79.2. The molecule has 0 fully saturated rings. The minimum absolute atomic E-state index is 0.0417. The molecule has 0 heterocycles. The van der Waals surface area contributed by atoms with E-state index in [1.165, 1.54) is 44.9 Å². The van der Waals surface area contributed by atoms with Crippen LogP contribution in [0.3, 0.4) is 0 Å². The van der Waals surface area contributed by atoms with Gasteiger partial charge < -0.3 is 38.1 Å². The highest BCUT2D eigenvalue weighted by molar-refractivity contribution is 5.83. The Morgan fingerprint density at radius 3 is 0.920 bits per heavy atom. The van der Waals surface area contributed by atoms with Crippen LogP contribution < -0.4 is 38.1 Å². The Morgan fingerprint density at radius 1 is 0.364 bits per heavy atom. The number of carbonyl (C=O) groups excluding carboxylic acids is 7. The number of unbranched alkanes of at least 4 members (excludes halogenated alkanes) is 2. The van der Waals surface area contributed by atoms with Gasteiger partial charge in [0, 0.05) is 69.6 Å². The Balaban J connectivity index is -0.000000177. The molecule has 0 aromatic heterocycles. The summed E-state index contributed by atoms with van der Waals surface area (Å²) in [6, 6.07) is 0. The standard InChI is InChI=1S/2C14H29NO.2C13H27NO.C9H19NO.C6H13NO.C5H11NO/c1-9-13(5,6)11(16)15-14(7,8)10-12(2,3)4;1-6-9-10-12(7-2)11-15-13(16)14(4,5)8-3;1-8-10(2)11(15)14-13(6,7)9-12(3,4)5;1-5-8-9-12(7-3)10-14-13(15)11(4)6-2;1-6-7(2)8(11)10-9(3,4)5;1-4-6(2,3)5(7)8;1-3-4(2)5(6)7/h9-10H2,1-8H3,(H,15,16);12H,6-11H2,1-5H3,(H,15,16);10H,8-9H2,1-7H3,(H,14,15);11-12H,5-10H2,1-4H3,(H,14,15);7H,6H2,1-5H3,(H,10,11);4H2,1-3H3,(H2,7,8);4H,3H2,1-2H3,(H2,6,7). The average Bonchev–Trinajstić information content (AvgIpc) is 3.40. The van der Waals surface area contributed by atoms with E-state index in [1.54, 1.807) is 0 Å². The van der Waals surface area contributed by atoms with E-state index >= 15 is 0 Å². The Bertz CT molecular complexity index is 1850.